The lowest BCUT2D eigenvalue weighted by atomic mass is 10.1. The van der Waals surface area contributed by atoms with E-state index in [0.717, 1.165) is 4.57 Å². The van der Waals surface area contributed by atoms with Crippen molar-refractivity contribution in [3.05, 3.63) is 46.2 Å². The summed E-state index contributed by atoms with van der Waals surface area (Å²) in [5.41, 5.74) is -0.264. The van der Waals surface area contributed by atoms with E-state index < -0.39 is 35.3 Å². The number of carboxylic acids is 1. The van der Waals surface area contributed by atoms with Gasteiger partial charge in [0.1, 0.15) is 23.6 Å². The van der Waals surface area contributed by atoms with Crippen molar-refractivity contribution in [2.75, 3.05) is 6.54 Å². The molecule has 3 N–H and O–H groups in total. The summed E-state index contributed by atoms with van der Waals surface area (Å²) in [6, 6.07) is 8.62. The third-order valence-electron chi connectivity index (χ3n) is 4.23. The molecular formula is C20H20N4O6. The number of aromatic nitrogens is 3. The highest BCUT2D eigenvalue weighted by atomic mass is 16.5. The minimum atomic E-state index is -1.28. The van der Waals surface area contributed by atoms with Crippen LogP contribution in [-0.2, 0) is 11.8 Å². The lowest BCUT2D eigenvalue weighted by Gasteiger charge is -2.12. The molecule has 0 aliphatic rings. The van der Waals surface area contributed by atoms with Crippen molar-refractivity contribution in [1.82, 2.24) is 20.1 Å². The van der Waals surface area contributed by atoms with Gasteiger partial charge in [0.25, 0.3) is 11.5 Å². The zero-order valence-corrected chi connectivity index (χ0v) is 16.5. The number of amides is 1. The Kier molecular flexibility index (Phi) is 5.67. The molecule has 0 unspecified atom stereocenters. The predicted molar refractivity (Wildman–Crippen MR) is 108 cm³/mol. The number of aromatic hydroxyl groups is 1. The van der Waals surface area contributed by atoms with Crippen LogP contribution in [0.15, 0.2) is 35.1 Å². The van der Waals surface area contributed by atoms with Crippen LogP contribution < -0.4 is 15.6 Å². The van der Waals surface area contributed by atoms with Gasteiger partial charge < -0.3 is 20.3 Å². The number of aryl methyl sites for hydroxylation is 1. The first kappa shape index (κ1) is 20.8. The van der Waals surface area contributed by atoms with Gasteiger partial charge in [-0.15, -0.1) is 10.2 Å². The fourth-order valence-corrected chi connectivity index (χ4v) is 2.90. The second kappa shape index (κ2) is 8.19. The van der Waals surface area contributed by atoms with Crippen molar-refractivity contribution < 1.29 is 24.5 Å². The minimum absolute atomic E-state index is 0.0200. The smallest absolute Gasteiger partial charge is 0.322 e. The van der Waals surface area contributed by atoms with E-state index in [2.05, 4.69) is 15.5 Å². The summed E-state index contributed by atoms with van der Waals surface area (Å²) in [4.78, 5) is 35.5. The third kappa shape index (κ3) is 4.07. The number of aliphatic carboxylic acids is 1. The molecule has 1 aromatic carbocycles. The monoisotopic (exact) mass is 412 g/mol. The molecule has 0 radical (unpaired) electrons. The molecule has 2 aromatic heterocycles. The maximum absolute atomic E-state index is 12.5. The molecule has 0 spiro atoms. The number of nitrogens with one attached hydrogen (secondary N) is 1. The fraction of sp³-hybridized carbons (Fsp3) is 0.250. The van der Waals surface area contributed by atoms with Gasteiger partial charge in [0.15, 0.2) is 5.65 Å². The Morgan fingerprint density at radius 1 is 1.23 bits per heavy atom. The maximum atomic E-state index is 12.5. The Hall–Kier alpha value is -3.95. The highest BCUT2D eigenvalue weighted by Crippen LogP contribution is 2.29. The number of rotatable bonds is 6. The molecule has 0 bridgehead atoms. The van der Waals surface area contributed by atoms with E-state index in [4.69, 9.17) is 9.84 Å². The topological polar surface area (TPSA) is 144 Å². The van der Waals surface area contributed by atoms with Crippen molar-refractivity contribution >= 4 is 22.9 Å². The second-order valence-electron chi connectivity index (χ2n) is 6.83. The quantitative estimate of drug-likeness (QED) is 0.550. The lowest BCUT2D eigenvalue weighted by molar-refractivity contribution is -0.135. The number of nitrogens with zero attached hydrogens (tertiary/aromatic N) is 3. The van der Waals surface area contributed by atoms with Gasteiger partial charge in [-0.1, -0.05) is 12.1 Å². The molecule has 3 rings (SSSR count). The Morgan fingerprint density at radius 3 is 2.63 bits per heavy atom. The number of carbonyl (C=O) groups is 2. The Morgan fingerprint density at radius 2 is 1.97 bits per heavy atom. The molecule has 0 fully saturated rings. The second-order valence-corrected chi connectivity index (χ2v) is 6.83. The number of fused-ring (bicyclic) bond motifs is 1. The largest absolute Gasteiger partial charge is 0.506 e. The van der Waals surface area contributed by atoms with E-state index in [1.807, 2.05) is 13.8 Å². The first-order valence-electron chi connectivity index (χ1n) is 9.05. The van der Waals surface area contributed by atoms with E-state index in [1.165, 1.54) is 13.1 Å². The summed E-state index contributed by atoms with van der Waals surface area (Å²) >= 11 is 0. The molecule has 30 heavy (non-hydrogen) atoms. The normalized spacial score (nSPS) is 10.9. The number of pyridine rings is 1. The number of benzene rings is 1. The van der Waals surface area contributed by atoms with Crippen LogP contribution in [0.2, 0.25) is 0 Å². The molecule has 156 valence electrons. The van der Waals surface area contributed by atoms with E-state index >= 15 is 0 Å². The zero-order chi connectivity index (χ0) is 22.0. The standard InChI is InChI=1S/C20H20N4O6/c1-10(2)30-12-6-4-5-11(7-12)14-8-13-17(27)16(19(28)21-9-15(25)26)20(29)24(3)18(13)23-22-14/h4-8,10,27H,9H2,1-3H3,(H,21,28)(H,25,26). The summed E-state index contributed by atoms with van der Waals surface area (Å²) in [7, 11) is 1.38. The van der Waals surface area contributed by atoms with Crippen LogP contribution in [0.5, 0.6) is 11.5 Å². The van der Waals surface area contributed by atoms with Crippen molar-refractivity contribution in [3.8, 4) is 22.8 Å². The van der Waals surface area contributed by atoms with E-state index in [9.17, 15) is 19.5 Å². The van der Waals surface area contributed by atoms with E-state index in [1.54, 1.807) is 24.3 Å². The molecule has 2 heterocycles. The summed E-state index contributed by atoms with van der Waals surface area (Å²) in [6.45, 7) is 3.11. The summed E-state index contributed by atoms with van der Waals surface area (Å²) < 4.78 is 6.74. The van der Waals surface area contributed by atoms with Gasteiger partial charge in [-0.3, -0.25) is 19.0 Å². The molecule has 0 aliphatic carbocycles. The van der Waals surface area contributed by atoms with Gasteiger partial charge >= 0.3 is 5.97 Å². The molecule has 0 saturated heterocycles. The molecule has 0 saturated carbocycles. The van der Waals surface area contributed by atoms with Gasteiger partial charge in [0.2, 0.25) is 0 Å². The number of carbonyl (C=O) groups excluding carboxylic acids is 1. The molecule has 10 heteroatoms. The lowest BCUT2D eigenvalue weighted by Crippen LogP contribution is -2.35. The Bertz CT molecular complexity index is 1200. The molecule has 0 aliphatic heterocycles. The van der Waals surface area contributed by atoms with Gasteiger partial charge in [-0.25, -0.2) is 0 Å². The predicted octanol–water partition coefficient (Wildman–Crippen LogP) is 1.30. The van der Waals surface area contributed by atoms with Crippen LogP contribution in [-0.4, -0.2) is 49.5 Å². The SMILES string of the molecule is CC(C)Oc1cccc(-c2cc3c(O)c(C(=O)NCC(=O)O)c(=O)n(C)c3nn2)c1. The van der Waals surface area contributed by atoms with Gasteiger partial charge in [0.05, 0.1) is 17.2 Å². The van der Waals surface area contributed by atoms with E-state index in [0.29, 0.717) is 17.0 Å². The van der Waals surface area contributed by atoms with Crippen molar-refractivity contribution in [2.45, 2.75) is 20.0 Å². The van der Waals surface area contributed by atoms with Crippen LogP contribution in [0.25, 0.3) is 22.3 Å². The van der Waals surface area contributed by atoms with Crippen LogP contribution in [0.1, 0.15) is 24.2 Å². The third-order valence-corrected chi connectivity index (χ3v) is 4.23. The number of hydrogen-bond acceptors (Lipinski definition) is 7. The number of carboxylic acid groups (broad SMARTS) is 1. The number of ether oxygens (including phenoxy) is 1. The fourth-order valence-electron chi connectivity index (χ4n) is 2.90. The summed E-state index contributed by atoms with van der Waals surface area (Å²) in [5, 5.41) is 29.7. The first-order valence-corrected chi connectivity index (χ1v) is 9.05. The summed E-state index contributed by atoms with van der Waals surface area (Å²) in [5.74, 6) is -2.25. The summed E-state index contributed by atoms with van der Waals surface area (Å²) in [6.07, 6.45) is -0.0200. The molecule has 1 amide bonds. The first-order chi connectivity index (χ1) is 14.2. The number of hydrogen-bond donors (Lipinski definition) is 3. The van der Waals surface area contributed by atoms with Gasteiger partial charge in [-0.2, -0.15) is 0 Å². The Labute approximate surface area is 170 Å². The molecule has 0 atom stereocenters. The van der Waals surface area contributed by atoms with E-state index in [-0.39, 0.29) is 17.1 Å². The van der Waals surface area contributed by atoms with Crippen molar-refractivity contribution in [2.24, 2.45) is 7.05 Å². The minimum Gasteiger partial charge on any atom is -0.506 e. The molecule has 10 nitrogen and oxygen atoms in total. The molecule has 3 aromatic rings. The van der Waals surface area contributed by atoms with Gasteiger partial charge in [-0.05, 0) is 32.0 Å². The van der Waals surface area contributed by atoms with Crippen LogP contribution in [0.4, 0.5) is 0 Å². The van der Waals surface area contributed by atoms with Crippen LogP contribution in [0.3, 0.4) is 0 Å². The van der Waals surface area contributed by atoms with Crippen molar-refractivity contribution in [3.63, 3.8) is 0 Å². The van der Waals surface area contributed by atoms with Gasteiger partial charge in [0, 0.05) is 12.6 Å². The maximum Gasteiger partial charge on any atom is 0.322 e. The zero-order valence-electron chi connectivity index (χ0n) is 16.5. The average molecular weight is 412 g/mol. The highest BCUT2D eigenvalue weighted by Gasteiger charge is 2.23. The van der Waals surface area contributed by atoms with Crippen LogP contribution >= 0.6 is 0 Å². The van der Waals surface area contributed by atoms with Crippen molar-refractivity contribution in [1.29, 1.82) is 0 Å². The Balaban J connectivity index is 2.13. The highest BCUT2D eigenvalue weighted by molar-refractivity contribution is 6.02. The van der Waals surface area contributed by atoms with Crippen LogP contribution in [0, 0.1) is 0 Å². The molecular weight excluding hydrogens is 392 g/mol. The average Bonchev–Trinajstić information content (AvgIpc) is 2.70.